The Morgan fingerprint density at radius 3 is 2.78 bits per heavy atom. The summed E-state index contributed by atoms with van der Waals surface area (Å²) >= 11 is 1.41. The average molecular weight is 389 g/mol. The van der Waals surface area contributed by atoms with Crippen LogP contribution in [-0.2, 0) is 21.5 Å². The number of nitrogens with one attached hydrogen (secondary N) is 1. The third-order valence-corrected chi connectivity index (χ3v) is 6.14. The molecule has 144 valence electrons. The minimum absolute atomic E-state index is 0.106. The first-order valence-corrected chi connectivity index (χ1v) is 10.3. The zero-order valence-electron chi connectivity index (χ0n) is 15.4. The Morgan fingerprint density at radius 2 is 2.11 bits per heavy atom. The van der Waals surface area contributed by atoms with Gasteiger partial charge in [0.05, 0.1) is 12.1 Å². The van der Waals surface area contributed by atoms with Crippen LogP contribution in [-0.4, -0.2) is 33.5 Å². The molecule has 0 radical (unpaired) electrons. The van der Waals surface area contributed by atoms with Crippen molar-refractivity contribution >= 4 is 28.3 Å². The van der Waals surface area contributed by atoms with Crippen LogP contribution in [0.5, 0.6) is 0 Å². The van der Waals surface area contributed by atoms with Gasteiger partial charge in [0.15, 0.2) is 11.0 Å². The van der Waals surface area contributed by atoms with E-state index in [1.54, 1.807) is 11.8 Å². The van der Waals surface area contributed by atoms with E-state index in [1.165, 1.54) is 11.3 Å². The Morgan fingerprint density at radius 1 is 1.30 bits per heavy atom. The Labute approximate surface area is 161 Å². The molecule has 1 N–H and O–H groups in total. The topological polar surface area (TPSA) is 101 Å². The molecule has 8 nitrogen and oxygen atoms in total. The maximum absolute atomic E-state index is 12.7. The first kappa shape index (κ1) is 18.1. The van der Waals surface area contributed by atoms with E-state index >= 15 is 0 Å². The summed E-state index contributed by atoms with van der Waals surface area (Å²) < 4.78 is 5.15. The fourth-order valence-corrected chi connectivity index (χ4v) is 4.75. The lowest BCUT2D eigenvalue weighted by atomic mass is 9.81. The number of amides is 2. The highest BCUT2D eigenvalue weighted by Gasteiger charge is 2.39. The van der Waals surface area contributed by atoms with Crippen molar-refractivity contribution in [3.05, 3.63) is 22.8 Å². The highest BCUT2D eigenvalue weighted by Crippen LogP contribution is 2.36. The van der Waals surface area contributed by atoms with Gasteiger partial charge in [0.25, 0.3) is 0 Å². The quantitative estimate of drug-likeness (QED) is 0.843. The normalized spacial score (nSPS) is 19.4. The van der Waals surface area contributed by atoms with Crippen LogP contribution in [0.15, 0.2) is 9.90 Å². The highest BCUT2D eigenvalue weighted by atomic mass is 32.1. The van der Waals surface area contributed by atoms with E-state index in [2.05, 4.69) is 20.4 Å². The predicted molar refractivity (Wildman–Crippen MR) is 99.3 cm³/mol. The van der Waals surface area contributed by atoms with Crippen molar-refractivity contribution in [2.45, 2.75) is 63.8 Å². The highest BCUT2D eigenvalue weighted by molar-refractivity contribution is 7.14. The van der Waals surface area contributed by atoms with E-state index < -0.39 is 5.54 Å². The van der Waals surface area contributed by atoms with Gasteiger partial charge in [-0.3, -0.25) is 14.5 Å². The van der Waals surface area contributed by atoms with Crippen molar-refractivity contribution in [3.63, 3.8) is 0 Å². The van der Waals surface area contributed by atoms with Gasteiger partial charge in [-0.15, -0.1) is 11.3 Å². The monoisotopic (exact) mass is 389 g/mol. The molecule has 4 rings (SSSR count). The van der Waals surface area contributed by atoms with E-state index in [0.29, 0.717) is 35.5 Å². The standard InChI is InChI=1S/C18H23N5O3S/c1-12-19-16(22-26-12)18(7-3-2-4-8-18)21-14(24)10-13-11-27-17(20-13)23-9-5-6-15(23)25/h11H,2-10H2,1H3,(H,21,24). The summed E-state index contributed by atoms with van der Waals surface area (Å²) in [6.07, 6.45) is 6.41. The van der Waals surface area contributed by atoms with Crippen LogP contribution in [0, 0.1) is 6.92 Å². The number of hydrogen-bond donors (Lipinski definition) is 1. The number of hydrogen-bond acceptors (Lipinski definition) is 7. The van der Waals surface area contributed by atoms with Gasteiger partial charge >= 0.3 is 0 Å². The summed E-state index contributed by atoms with van der Waals surface area (Å²) in [5.41, 5.74) is 0.124. The summed E-state index contributed by atoms with van der Waals surface area (Å²) in [5, 5.41) is 9.77. The van der Waals surface area contributed by atoms with Gasteiger partial charge in [0.2, 0.25) is 17.7 Å². The molecule has 2 fully saturated rings. The Bertz CT molecular complexity index is 840. The SMILES string of the molecule is Cc1nc(C2(NC(=O)Cc3csc(N4CCCC4=O)n3)CCCCC2)no1. The van der Waals surface area contributed by atoms with E-state index in [1.807, 2.05) is 5.38 Å². The molecule has 9 heteroatoms. The van der Waals surface area contributed by atoms with Crippen LogP contribution in [0.25, 0.3) is 0 Å². The fourth-order valence-electron chi connectivity index (χ4n) is 3.88. The van der Waals surface area contributed by atoms with Crippen LogP contribution in [0.4, 0.5) is 5.13 Å². The lowest BCUT2D eigenvalue weighted by molar-refractivity contribution is -0.123. The Balaban J connectivity index is 1.46. The first-order chi connectivity index (χ1) is 13.1. The van der Waals surface area contributed by atoms with Gasteiger partial charge in [-0.1, -0.05) is 24.4 Å². The predicted octanol–water partition coefficient (Wildman–Crippen LogP) is 2.48. The molecule has 2 aromatic rings. The largest absolute Gasteiger partial charge is 0.343 e. The maximum Gasteiger partial charge on any atom is 0.228 e. The van der Waals surface area contributed by atoms with Gasteiger partial charge in [-0.05, 0) is 19.3 Å². The van der Waals surface area contributed by atoms with Gasteiger partial charge in [-0.25, -0.2) is 4.98 Å². The third-order valence-electron chi connectivity index (χ3n) is 5.23. The van der Waals surface area contributed by atoms with Crippen LogP contribution < -0.4 is 10.2 Å². The molecule has 0 spiro atoms. The summed E-state index contributed by atoms with van der Waals surface area (Å²) in [6.45, 7) is 2.46. The number of carbonyl (C=O) groups is 2. The number of aryl methyl sites for hydroxylation is 1. The Kier molecular flexibility index (Phi) is 4.94. The van der Waals surface area contributed by atoms with Crippen molar-refractivity contribution < 1.29 is 14.1 Å². The van der Waals surface area contributed by atoms with E-state index in [0.717, 1.165) is 38.5 Å². The number of nitrogens with zero attached hydrogens (tertiary/aromatic N) is 4. The fraction of sp³-hybridized carbons (Fsp3) is 0.611. The zero-order valence-corrected chi connectivity index (χ0v) is 16.2. The molecule has 2 aliphatic rings. The van der Waals surface area contributed by atoms with Gasteiger partial charge in [-0.2, -0.15) is 4.98 Å². The zero-order chi connectivity index (χ0) is 18.9. The molecule has 0 aromatic carbocycles. The number of aromatic nitrogens is 3. The lowest BCUT2D eigenvalue weighted by Gasteiger charge is -2.35. The molecule has 1 saturated carbocycles. The molecule has 1 aliphatic heterocycles. The minimum atomic E-state index is -0.559. The van der Waals surface area contributed by atoms with E-state index in [4.69, 9.17) is 4.52 Å². The molecule has 2 amide bonds. The van der Waals surface area contributed by atoms with Crippen LogP contribution >= 0.6 is 11.3 Å². The van der Waals surface area contributed by atoms with Crippen LogP contribution in [0.2, 0.25) is 0 Å². The second-order valence-electron chi connectivity index (χ2n) is 7.28. The second-order valence-corrected chi connectivity index (χ2v) is 8.11. The van der Waals surface area contributed by atoms with E-state index in [-0.39, 0.29) is 18.2 Å². The van der Waals surface area contributed by atoms with Crippen molar-refractivity contribution in [3.8, 4) is 0 Å². The van der Waals surface area contributed by atoms with Crippen molar-refractivity contribution in [2.75, 3.05) is 11.4 Å². The van der Waals surface area contributed by atoms with Gasteiger partial charge in [0, 0.05) is 25.3 Å². The third kappa shape index (κ3) is 3.73. The smallest absolute Gasteiger partial charge is 0.228 e. The molecule has 3 heterocycles. The summed E-state index contributed by atoms with van der Waals surface area (Å²) in [4.78, 5) is 35.2. The number of rotatable bonds is 5. The number of thiazole rings is 1. The Hall–Kier alpha value is -2.29. The van der Waals surface area contributed by atoms with E-state index in [9.17, 15) is 9.59 Å². The van der Waals surface area contributed by atoms with Gasteiger partial charge < -0.3 is 9.84 Å². The summed E-state index contributed by atoms with van der Waals surface area (Å²) in [5.74, 6) is 1.07. The summed E-state index contributed by atoms with van der Waals surface area (Å²) in [7, 11) is 0. The minimum Gasteiger partial charge on any atom is -0.343 e. The van der Waals surface area contributed by atoms with Gasteiger partial charge in [0.1, 0.15) is 5.54 Å². The molecular formula is C18H23N5O3S. The lowest BCUT2D eigenvalue weighted by Crippen LogP contribution is -2.48. The summed E-state index contributed by atoms with van der Waals surface area (Å²) in [6, 6.07) is 0. The van der Waals surface area contributed by atoms with Crippen LogP contribution in [0.1, 0.15) is 62.4 Å². The molecule has 0 unspecified atom stereocenters. The number of anilines is 1. The average Bonchev–Trinajstić information content (AvgIpc) is 3.37. The molecule has 1 aliphatic carbocycles. The molecule has 27 heavy (non-hydrogen) atoms. The van der Waals surface area contributed by atoms with Crippen LogP contribution in [0.3, 0.4) is 0 Å². The number of carbonyl (C=O) groups excluding carboxylic acids is 2. The van der Waals surface area contributed by atoms with Crippen molar-refractivity contribution in [2.24, 2.45) is 0 Å². The molecule has 0 bridgehead atoms. The molecule has 0 atom stereocenters. The van der Waals surface area contributed by atoms with Crippen molar-refractivity contribution in [1.82, 2.24) is 20.4 Å². The second kappa shape index (κ2) is 7.38. The molecule has 1 saturated heterocycles. The molecule has 2 aromatic heterocycles. The first-order valence-electron chi connectivity index (χ1n) is 9.42. The maximum atomic E-state index is 12.7. The molecular weight excluding hydrogens is 366 g/mol. The van der Waals surface area contributed by atoms with Crippen molar-refractivity contribution in [1.29, 1.82) is 0 Å².